The molecule has 2 nitrogen and oxygen atoms in total. The van der Waals surface area contributed by atoms with E-state index in [-0.39, 0.29) is 0 Å². The quantitative estimate of drug-likeness (QED) is 0.671. The Balaban J connectivity index is 2.60. The van der Waals surface area contributed by atoms with Crippen LogP contribution in [-0.4, -0.2) is 16.8 Å². The minimum absolute atomic E-state index is 0.947. The highest BCUT2D eigenvalue weighted by atomic mass is 15.1. The zero-order valence-electron chi connectivity index (χ0n) is 8.70. The largest absolute Gasteiger partial charge is 0.329 e. The lowest BCUT2D eigenvalue weighted by atomic mass is 9.78. The molecule has 1 radical (unpaired) electrons. The second-order valence-corrected chi connectivity index (χ2v) is 3.37. The van der Waals surface area contributed by atoms with Gasteiger partial charge in [0.25, 0.3) is 0 Å². The highest BCUT2D eigenvalue weighted by Crippen LogP contribution is 2.15. The fourth-order valence-electron chi connectivity index (χ4n) is 1.82. The molecule has 3 heteroatoms. The van der Waals surface area contributed by atoms with E-state index in [0.29, 0.717) is 0 Å². The maximum atomic E-state index is 4.60. The maximum Gasteiger partial charge on any atom is 0.115 e. The van der Waals surface area contributed by atoms with Gasteiger partial charge in [0, 0.05) is 6.54 Å². The van der Waals surface area contributed by atoms with Crippen molar-refractivity contribution in [3.8, 4) is 0 Å². The van der Waals surface area contributed by atoms with Crippen molar-refractivity contribution >= 4 is 18.3 Å². The molecule has 0 aliphatic carbocycles. The van der Waals surface area contributed by atoms with Crippen LogP contribution in [0, 0.1) is 0 Å². The lowest BCUT2D eigenvalue weighted by Gasteiger charge is -2.03. The summed E-state index contributed by atoms with van der Waals surface area (Å²) in [6, 6.07) is 8.30. The van der Waals surface area contributed by atoms with Crippen molar-refractivity contribution in [3.05, 3.63) is 30.1 Å². The molecule has 14 heavy (non-hydrogen) atoms. The summed E-state index contributed by atoms with van der Waals surface area (Å²) in [6.07, 6.45) is 0.947. The summed E-state index contributed by atoms with van der Waals surface area (Å²) in [5.74, 6) is 1.16. The molecule has 0 amide bonds. The Labute approximate surface area is 85.2 Å². The fraction of sp³-hybridized carbons (Fsp3) is 0.364. The van der Waals surface area contributed by atoms with Crippen molar-refractivity contribution in [3.63, 3.8) is 0 Å². The molecule has 0 atom stereocenters. The van der Waals surface area contributed by atoms with Crippen LogP contribution in [-0.2, 0) is 12.9 Å². The average Bonchev–Trinajstić information content (AvgIpc) is 2.55. The van der Waals surface area contributed by atoms with Gasteiger partial charge in [0.15, 0.2) is 0 Å². The van der Waals surface area contributed by atoms with Crippen LogP contribution in [0.5, 0.6) is 0 Å². The number of nitrogens with zero attached hydrogens (tertiary/aromatic N) is 2. The van der Waals surface area contributed by atoms with Crippen LogP contribution in [0.25, 0.3) is 11.0 Å². The molecule has 1 aromatic heterocycles. The smallest absolute Gasteiger partial charge is 0.115 e. The predicted molar refractivity (Wildman–Crippen MR) is 60.7 cm³/mol. The number of rotatable bonds is 3. The van der Waals surface area contributed by atoms with Crippen molar-refractivity contribution in [2.45, 2.75) is 26.6 Å². The molecular formula is C11H14BN2. The number of aromatic nitrogens is 2. The van der Waals surface area contributed by atoms with Gasteiger partial charge in [-0.2, -0.15) is 0 Å². The molecule has 0 fully saturated rings. The van der Waals surface area contributed by atoms with Crippen molar-refractivity contribution < 1.29 is 0 Å². The second-order valence-electron chi connectivity index (χ2n) is 3.37. The van der Waals surface area contributed by atoms with E-state index < -0.39 is 0 Å². The Hall–Kier alpha value is -1.25. The fourth-order valence-corrected chi connectivity index (χ4v) is 1.82. The Morgan fingerprint density at radius 1 is 1.36 bits per heavy atom. The number of aryl methyl sites for hydroxylation is 1. The molecule has 0 N–H and O–H groups in total. The highest BCUT2D eigenvalue weighted by Gasteiger charge is 2.06. The molecule has 0 saturated carbocycles. The monoisotopic (exact) mass is 185 g/mol. The van der Waals surface area contributed by atoms with E-state index in [0.717, 1.165) is 24.2 Å². The Bertz CT molecular complexity index is 434. The number of imidazole rings is 1. The summed E-state index contributed by atoms with van der Waals surface area (Å²) in [6.45, 7) is 5.22. The van der Waals surface area contributed by atoms with E-state index in [4.69, 9.17) is 0 Å². The number of hydrogen-bond acceptors (Lipinski definition) is 1. The van der Waals surface area contributed by atoms with Crippen molar-refractivity contribution in [2.75, 3.05) is 0 Å². The topological polar surface area (TPSA) is 17.8 Å². The van der Waals surface area contributed by atoms with Gasteiger partial charge < -0.3 is 4.57 Å². The summed E-state index contributed by atoms with van der Waals surface area (Å²) in [4.78, 5) is 4.60. The van der Waals surface area contributed by atoms with Gasteiger partial charge in [0.1, 0.15) is 13.1 Å². The molecular weight excluding hydrogens is 171 g/mol. The lowest BCUT2D eigenvalue weighted by molar-refractivity contribution is 0.746. The van der Waals surface area contributed by atoms with Gasteiger partial charge in [-0.25, -0.2) is 4.98 Å². The van der Waals surface area contributed by atoms with Crippen LogP contribution in [0.15, 0.2) is 24.3 Å². The third-order valence-electron chi connectivity index (χ3n) is 2.44. The Morgan fingerprint density at radius 2 is 2.14 bits per heavy atom. The first-order valence-corrected chi connectivity index (χ1v) is 5.08. The molecule has 0 aliphatic heterocycles. The van der Waals surface area contributed by atoms with Crippen LogP contribution < -0.4 is 0 Å². The summed E-state index contributed by atoms with van der Waals surface area (Å²) in [7, 11) is 2.15. The molecule has 0 bridgehead atoms. The first-order chi connectivity index (χ1) is 6.86. The second kappa shape index (κ2) is 3.87. The van der Waals surface area contributed by atoms with Gasteiger partial charge in [-0.05, 0) is 25.4 Å². The molecule has 71 valence electrons. The first kappa shape index (κ1) is 9.32. The summed E-state index contributed by atoms with van der Waals surface area (Å²) < 4.78 is 2.27. The van der Waals surface area contributed by atoms with Gasteiger partial charge in [-0.3, -0.25) is 0 Å². The van der Waals surface area contributed by atoms with E-state index in [1.807, 2.05) is 6.07 Å². The van der Waals surface area contributed by atoms with Gasteiger partial charge in [0.05, 0.1) is 11.0 Å². The predicted octanol–water partition coefficient (Wildman–Crippen LogP) is 2.31. The summed E-state index contributed by atoms with van der Waals surface area (Å²) in [5, 5.41) is 0. The lowest BCUT2D eigenvalue weighted by Crippen LogP contribution is -2.04. The Kier molecular flexibility index (Phi) is 2.57. The van der Waals surface area contributed by atoms with E-state index in [9.17, 15) is 0 Å². The first-order valence-electron chi connectivity index (χ1n) is 5.08. The SMILES string of the molecule is C[B]Cc1nc2ccccc2n1CC. The standard InChI is InChI=1S/C11H14BN2/c1-3-14-10-7-5-4-6-9(10)13-11(14)8-12-2/h4-7H,3,8H2,1-2H3. The van der Waals surface area contributed by atoms with Crippen LogP contribution in [0.1, 0.15) is 12.7 Å². The van der Waals surface area contributed by atoms with E-state index in [1.54, 1.807) is 0 Å². The molecule has 2 rings (SSSR count). The van der Waals surface area contributed by atoms with Crippen molar-refractivity contribution in [1.82, 2.24) is 9.55 Å². The molecule has 0 unspecified atom stereocenters. The zero-order valence-corrected chi connectivity index (χ0v) is 8.70. The normalized spacial score (nSPS) is 10.7. The third-order valence-corrected chi connectivity index (χ3v) is 2.44. The summed E-state index contributed by atoms with van der Waals surface area (Å²) in [5.41, 5.74) is 2.35. The number of para-hydroxylation sites is 2. The number of hydrogen-bond donors (Lipinski definition) is 0. The molecule has 0 spiro atoms. The maximum absolute atomic E-state index is 4.60. The highest BCUT2D eigenvalue weighted by molar-refractivity contribution is 6.32. The van der Waals surface area contributed by atoms with Gasteiger partial charge in [0.2, 0.25) is 0 Å². The van der Waals surface area contributed by atoms with Crippen LogP contribution >= 0.6 is 0 Å². The molecule has 2 aromatic rings. The van der Waals surface area contributed by atoms with Crippen molar-refractivity contribution in [1.29, 1.82) is 0 Å². The Morgan fingerprint density at radius 3 is 2.86 bits per heavy atom. The van der Waals surface area contributed by atoms with Crippen LogP contribution in [0.2, 0.25) is 6.82 Å². The summed E-state index contributed by atoms with van der Waals surface area (Å²) >= 11 is 0. The third kappa shape index (κ3) is 1.43. The van der Waals surface area contributed by atoms with E-state index in [2.05, 4.69) is 48.8 Å². The average molecular weight is 185 g/mol. The molecule has 1 heterocycles. The minimum atomic E-state index is 0.947. The minimum Gasteiger partial charge on any atom is -0.329 e. The van der Waals surface area contributed by atoms with Crippen molar-refractivity contribution in [2.24, 2.45) is 0 Å². The zero-order chi connectivity index (χ0) is 9.97. The van der Waals surface area contributed by atoms with E-state index >= 15 is 0 Å². The molecule has 0 saturated heterocycles. The number of fused-ring (bicyclic) bond motifs is 1. The molecule has 1 aromatic carbocycles. The van der Waals surface area contributed by atoms with Crippen LogP contribution in [0.4, 0.5) is 0 Å². The number of benzene rings is 1. The van der Waals surface area contributed by atoms with Gasteiger partial charge in [-0.1, -0.05) is 19.0 Å². The molecule has 0 aliphatic rings. The van der Waals surface area contributed by atoms with Crippen LogP contribution in [0.3, 0.4) is 0 Å². The van der Waals surface area contributed by atoms with E-state index in [1.165, 1.54) is 5.52 Å². The van der Waals surface area contributed by atoms with Gasteiger partial charge >= 0.3 is 0 Å². The van der Waals surface area contributed by atoms with Gasteiger partial charge in [-0.15, -0.1) is 0 Å².